The van der Waals surface area contributed by atoms with Gasteiger partial charge in [0.05, 0.1) is 10.6 Å². The molecular formula is C35H35Cl4N3O4S. The van der Waals surface area contributed by atoms with E-state index in [9.17, 15) is 18.0 Å². The second-order valence-corrected chi connectivity index (χ2v) is 14.7. The Kier molecular flexibility index (Phi) is 12.6. The van der Waals surface area contributed by atoms with Crippen molar-refractivity contribution in [2.24, 2.45) is 0 Å². The van der Waals surface area contributed by atoms with Gasteiger partial charge >= 0.3 is 0 Å². The molecule has 4 aromatic carbocycles. The van der Waals surface area contributed by atoms with Crippen LogP contribution in [0.4, 0.5) is 5.69 Å². The summed E-state index contributed by atoms with van der Waals surface area (Å²) in [6, 6.07) is 23.5. The van der Waals surface area contributed by atoms with Crippen molar-refractivity contribution in [3.05, 3.63) is 128 Å². The van der Waals surface area contributed by atoms with Gasteiger partial charge in [-0.15, -0.1) is 0 Å². The van der Waals surface area contributed by atoms with Crippen molar-refractivity contribution in [2.75, 3.05) is 10.8 Å². The SMILES string of the molecule is CC[C@@H](C)NC(=O)[C@H](Cc1ccccc1)N(Cc1c(Cl)cccc1Cl)C(=O)CN(c1cc(Cl)cc(Cl)c1)S(=O)(=O)c1ccc(C)cc1. The van der Waals surface area contributed by atoms with Gasteiger partial charge in [0.25, 0.3) is 10.0 Å². The number of hydrogen-bond acceptors (Lipinski definition) is 4. The number of sulfonamides is 1. The lowest BCUT2D eigenvalue weighted by Gasteiger charge is -2.34. The predicted molar refractivity (Wildman–Crippen MR) is 191 cm³/mol. The van der Waals surface area contributed by atoms with Gasteiger partial charge in [-0.2, -0.15) is 0 Å². The maximum atomic E-state index is 14.6. The number of benzene rings is 4. The van der Waals surface area contributed by atoms with E-state index in [-0.39, 0.29) is 39.6 Å². The zero-order chi connectivity index (χ0) is 34.3. The monoisotopic (exact) mass is 733 g/mol. The molecule has 7 nitrogen and oxygen atoms in total. The minimum atomic E-state index is -4.33. The molecule has 4 rings (SSSR count). The van der Waals surface area contributed by atoms with Gasteiger partial charge in [0.1, 0.15) is 12.6 Å². The topological polar surface area (TPSA) is 86.8 Å². The number of nitrogens with one attached hydrogen (secondary N) is 1. The lowest BCUT2D eigenvalue weighted by molar-refractivity contribution is -0.140. The summed E-state index contributed by atoms with van der Waals surface area (Å²) < 4.78 is 29.4. The van der Waals surface area contributed by atoms with Gasteiger partial charge < -0.3 is 10.2 Å². The first-order valence-corrected chi connectivity index (χ1v) is 17.9. The normalized spacial score (nSPS) is 12.7. The van der Waals surface area contributed by atoms with Gasteiger partial charge in [0.2, 0.25) is 11.8 Å². The van der Waals surface area contributed by atoms with Gasteiger partial charge in [-0.3, -0.25) is 13.9 Å². The number of nitrogens with zero attached hydrogens (tertiary/aromatic N) is 2. The molecule has 0 aromatic heterocycles. The fourth-order valence-corrected chi connectivity index (χ4v) is 7.33. The second kappa shape index (κ2) is 16.2. The van der Waals surface area contributed by atoms with Gasteiger partial charge in [-0.25, -0.2) is 8.42 Å². The van der Waals surface area contributed by atoms with E-state index in [1.807, 2.05) is 51.1 Å². The fraction of sp³-hybridized carbons (Fsp3) is 0.257. The van der Waals surface area contributed by atoms with Crippen LogP contribution in [-0.2, 0) is 32.6 Å². The molecule has 0 unspecified atom stereocenters. The van der Waals surface area contributed by atoms with Crippen LogP contribution in [0.15, 0.2) is 95.9 Å². The van der Waals surface area contributed by atoms with Crippen LogP contribution in [0.5, 0.6) is 0 Å². The first-order valence-electron chi connectivity index (χ1n) is 14.9. The van der Waals surface area contributed by atoms with Crippen molar-refractivity contribution < 1.29 is 18.0 Å². The third-order valence-electron chi connectivity index (χ3n) is 7.69. The summed E-state index contributed by atoms with van der Waals surface area (Å²) in [5, 5.41) is 3.94. The van der Waals surface area contributed by atoms with Gasteiger partial charge in [-0.05, 0) is 68.3 Å². The molecule has 2 atom stereocenters. The minimum Gasteiger partial charge on any atom is -0.352 e. The fourth-order valence-electron chi connectivity index (χ4n) is 4.90. The molecule has 0 aliphatic rings. The van der Waals surface area contributed by atoms with Gasteiger partial charge in [-0.1, -0.05) is 107 Å². The molecule has 47 heavy (non-hydrogen) atoms. The summed E-state index contributed by atoms with van der Waals surface area (Å²) in [5.41, 5.74) is 2.15. The molecule has 0 saturated carbocycles. The molecule has 0 radical (unpaired) electrons. The van der Waals surface area contributed by atoms with Crippen LogP contribution in [-0.4, -0.2) is 43.8 Å². The number of aryl methyl sites for hydroxylation is 1. The Balaban J connectivity index is 1.87. The van der Waals surface area contributed by atoms with Crippen LogP contribution in [0.2, 0.25) is 20.1 Å². The van der Waals surface area contributed by atoms with Crippen molar-refractivity contribution in [1.82, 2.24) is 10.2 Å². The summed E-state index contributed by atoms with van der Waals surface area (Å²) in [6.07, 6.45) is 0.802. The highest BCUT2D eigenvalue weighted by atomic mass is 35.5. The summed E-state index contributed by atoms with van der Waals surface area (Å²) in [6.45, 7) is 4.79. The van der Waals surface area contributed by atoms with E-state index in [0.29, 0.717) is 22.0 Å². The summed E-state index contributed by atoms with van der Waals surface area (Å²) >= 11 is 25.8. The molecular weight excluding hydrogens is 700 g/mol. The minimum absolute atomic E-state index is 0.0388. The first-order chi connectivity index (χ1) is 22.3. The quantitative estimate of drug-likeness (QED) is 0.150. The lowest BCUT2D eigenvalue weighted by atomic mass is 10.0. The van der Waals surface area contributed by atoms with E-state index in [1.165, 1.54) is 35.2 Å². The highest BCUT2D eigenvalue weighted by Gasteiger charge is 2.35. The number of anilines is 1. The number of carbonyl (C=O) groups is 2. The van der Waals surface area contributed by atoms with Crippen LogP contribution in [0.1, 0.15) is 37.0 Å². The Morgan fingerprint density at radius 2 is 1.43 bits per heavy atom. The van der Waals surface area contributed by atoms with E-state index in [2.05, 4.69) is 5.32 Å². The average molecular weight is 736 g/mol. The molecule has 0 bridgehead atoms. The standard InChI is InChI=1S/C35H35Cl4N3O4S/c1-4-24(3)40-35(44)33(17-25-9-6-5-7-10-25)41(21-30-31(38)11-8-12-32(30)39)34(43)22-42(28-19-26(36)18-27(37)20-28)47(45,46)29-15-13-23(2)14-16-29/h5-16,18-20,24,33H,4,17,21-22H2,1-3H3,(H,40,44)/t24-,33+/m1/s1. The molecule has 248 valence electrons. The predicted octanol–water partition coefficient (Wildman–Crippen LogP) is 8.36. The van der Waals surface area contributed by atoms with Crippen molar-refractivity contribution in [3.63, 3.8) is 0 Å². The highest BCUT2D eigenvalue weighted by molar-refractivity contribution is 7.92. The number of rotatable bonds is 13. The van der Waals surface area contributed by atoms with Crippen LogP contribution >= 0.6 is 46.4 Å². The molecule has 0 heterocycles. The van der Waals surface area contributed by atoms with Crippen molar-refractivity contribution >= 4 is 73.9 Å². The van der Waals surface area contributed by atoms with Gasteiger partial charge in [0, 0.05) is 44.7 Å². The van der Waals surface area contributed by atoms with Crippen molar-refractivity contribution in [3.8, 4) is 0 Å². The zero-order valence-electron chi connectivity index (χ0n) is 26.1. The molecule has 4 aromatic rings. The first kappa shape index (κ1) is 36.6. The van der Waals surface area contributed by atoms with E-state index >= 15 is 0 Å². The highest BCUT2D eigenvalue weighted by Crippen LogP contribution is 2.32. The summed E-state index contributed by atoms with van der Waals surface area (Å²) in [4.78, 5) is 29.9. The molecule has 0 spiro atoms. The third-order valence-corrected chi connectivity index (χ3v) is 10.6. The van der Waals surface area contributed by atoms with Crippen LogP contribution < -0.4 is 9.62 Å². The molecule has 0 aliphatic heterocycles. The maximum Gasteiger partial charge on any atom is 0.264 e. The van der Waals surface area contributed by atoms with E-state index in [4.69, 9.17) is 46.4 Å². The van der Waals surface area contributed by atoms with Crippen LogP contribution in [0.3, 0.4) is 0 Å². The third kappa shape index (κ3) is 9.42. The Morgan fingerprint density at radius 3 is 2.00 bits per heavy atom. The molecule has 0 aliphatic carbocycles. The second-order valence-electron chi connectivity index (χ2n) is 11.2. The smallest absolute Gasteiger partial charge is 0.264 e. The van der Waals surface area contributed by atoms with Gasteiger partial charge in [0.15, 0.2) is 0 Å². The Hall–Kier alpha value is -3.27. The Labute approximate surface area is 296 Å². The van der Waals surface area contributed by atoms with E-state index in [0.717, 1.165) is 15.4 Å². The van der Waals surface area contributed by atoms with Crippen LogP contribution in [0, 0.1) is 6.92 Å². The molecule has 1 N–H and O–H groups in total. The molecule has 0 saturated heterocycles. The summed E-state index contributed by atoms with van der Waals surface area (Å²) in [7, 11) is -4.33. The van der Waals surface area contributed by atoms with E-state index < -0.39 is 34.4 Å². The maximum absolute atomic E-state index is 14.6. The van der Waals surface area contributed by atoms with Crippen molar-refractivity contribution in [1.29, 1.82) is 0 Å². The molecule has 2 amide bonds. The summed E-state index contributed by atoms with van der Waals surface area (Å²) in [5.74, 6) is -1.08. The number of halogens is 4. The largest absolute Gasteiger partial charge is 0.352 e. The van der Waals surface area contributed by atoms with Crippen molar-refractivity contribution in [2.45, 2.75) is 57.1 Å². The number of carbonyl (C=O) groups excluding carboxylic acids is 2. The lowest BCUT2D eigenvalue weighted by Crippen LogP contribution is -2.54. The molecule has 0 fully saturated rings. The zero-order valence-corrected chi connectivity index (χ0v) is 29.9. The number of hydrogen-bond donors (Lipinski definition) is 1. The molecule has 12 heteroatoms. The Bertz CT molecular complexity index is 1780. The number of amides is 2. The Morgan fingerprint density at radius 1 is 0.830 bits per heavy atom. The average Bonchev–Trinajstić information content (AvgIpc) is 3.02. The van der Waals surface area contributed by atoms with Crippen LogP contribution in [0.25, 0.3) is 0 Å². The van der Waals surface area contributed by atoms with E-state index in [1.54, 1.807) is 30.3 Å².